The number of ether oxygens (including phenoxy) is 1. The largest absolute Gasteiger partial charge is 0.380 e. The first-order valence-corrected chi connectivity index (χ1v) is 6.87. The number of hydrogen-bond donors (Lipinski definition) is 1. The Hall–Kier alpha value is -0.120. The molecule has 0 spiro atoms. The zero-order valence-electron chi connectivity index (χ0n) is 10.6. The standard InChI is InChI=1S/C13H26N2O/c1-15(13-6-7-13)9-11-16-10-3-2-8-14-12-4-5-12/h12-14H,2-11H2,1H3. The van der Waals surface area contributed by atoms with Gasteiger partial charge >= 0.3 is 0 Å². The smallest absolute Gasteiger partial charge is 0.0593 e. The van der Waals surface area contributed by atoms with Crippen molar-refractivity contribution < 1.29 is 4.74 Å². The average Bonchev–Trinajstić information content (AvgIpc) is 3.16. The first-order chi connectivity index (χ1) is 7.86. The Morgan fingerprint density at radius 1 is 1.12 bits per heavy atom. The van der Waals surface area contributed by atoms with Crippen molar-refractivity contribution in [2.24, 2.45) is 0 Å². The quantitative estimate of drug-likeness (QED) is 0.573. The van der Waals surface area contributed by atoms with E-state index in [2.05, 4.69) is 17.3 Å². The third kappa shape index (κ3) is 5.28. The Bertz CT molecular complexity index is 190. The van der Waals surface area contributed by atoms with Crippen molar-refractivity contribution in [1.29, 1.82) is 0 Å². The highest BCUT2D eigenvalue weighted by molar-refractivity contribution is 4.82. The maximum Gasteiger partial charge on any atom is 0.0593 e. The zero-order chi connectivity index (χ0) is 11.2. The second-order valence-corrected chi connectivity index (χ2v) is 5.26. The number of nitrogens with zero attached hydrogens (tertiary/aromatic N) is 1. The SMILES string of the molecule is CN(CCOCCCCNC1CC1)C1CC1. The van der Waals surface area contributed by atoms with E-state index in [9.17, 15) is 0 Å². The van der Waals surface area contributed by atoms with Crippen LogP contribution in [-0.2, 0) is 4.74 Å². The predicted molar refractivity (Wildman–Crippen MR) is 66.7 cm³/mol. The third-order valence-corrected chi connectivity index (χ3v) is 3.48. The normalized spacial score (nSPS) is 20.6. The van der Waals surface area contributed by atoms with Crippen LogP contribution in [0.4, 0.5) is 0 Å². The molecule has 16 heavy (non-hydrogen) atoms. The van der Waals surface area contributed by atoms with Gasteiger partial charge < -0.3 is 15.0 Å². The van der Waals surface area contributed by atoms with Crippen molar-refractivity contribution in [2.75, 3.05) is 33.4 Å². The van der Waals surface area contributed by atoms with Crippen molar-refractivity contribution in [1.82, 2.24) is 10.2 Å². The molecule has 0 atom stereocenters. The van der Waals surface area contributed by atoms with E-state index in [4.69, 9.17) is 4.74 Å². The summed E-state index contributed by atoms with van der Waals surface area (Å²) in [6, 6.07) is 1.72. The van der Waals surface area contributed by atoms with Crippen LogP contribution in [0.5, 0.6) is 0 Å². The molecule has 2 aliphatic carbocycles. The van der Waals surface area contributed by atoms with Gasteiger partial charge in [0.05, 0.1) is 6.61 Å². The van der Waals surface area contributed by atoms with Gasteiger partial charge in [0.2, 0.25) is 0 Å². The Morgan fingerprint density at radius 2 is 1.94 bits per heavy atom. The van der Waals surface area contributed by atoms with Crippen LogP contribution in [0.1, 0.15) is 38.5 Å². The maximum atomic E-state index is 5.64. The molecule has 2 saturated carbocycles. The molecule has 2 aliphatic rings. The van der Waals surface area contributed by atoms with Crippen LogP contribution < -0.4 is 5.32 Å². The highest BCUT2D eigenvalue weighted by Crippen LogP contribution is 2.24. The first kappa shape index (κ1) is 12.3. The van der Waals surface area contributed by atoms with Gasteiger partial charge in [-0.25, -0.2) is 0 Å². The zero-order valence-corrected chi connectivity index (χ0v) is 10.6. The Kier molecular flexibility index (Phi) is 5.07. The molecule has 94 valence electrons. The van der Waals surface area contributed by atoms with Crippen molar-refractivity contribution in [2.45, 2.75) is 50.6 Å². The molecule has 0 aromatic carbocycles. The minimum absolute atomic E-state index is 0.855. The van der Waals surface area contributed by atoms with E-state index in [0.717, 1.165) is 31.8 Å². The fraction of sp³-hybridized carbons (Fsp3) is 1.00. The molecule has 0 radical (unpaired) electrons. The van der Waals surface area contributed by atoms with E-state index in [1.54, 1.807) is 0 Å². The molecule has 0 aromatic rings. The molecule has 3 heteroatoms. The predicted octanol–water partition coefficient (Wildman–Crippen LogP) is 1.63. The molecule has 0 aliphatic heterocycles. The lowest BCUT2D eigenvalue weighted by Crippen LogP contribution is -2.25. The molecule has 2 rings (SSSR count). The van der Waals surface area contributed by atoms with Gasteiger partial charge in [0.25, 0.3) is 0 Å². The molecule has 0 saturated heterocycles. The van der Waals surface area contributed by atoms with Crippen LogP contribution in [0.25, 0.3) is 0 Å². The lowest BCUT2D eigenvalue weighted by molar-refractivity contribution is 0.106. The van der Waals surface area contributed by atoms with E-state index in [1.807, 2.05) is 0 Å². The number of unbranched alkanes of at least 4 members (excludes halogenated alkanes) is 1. The fourth-order valence-corrected chi connectivity index (χ4v) is 1.93. The molecule has 3 nitrogen and oxygen atoms in total. The van der Waals surface area contributed by atoms with Gasteiger partial charge in [-0.05, 0) is 52.1 Å². The summed E-state index contributed by atoms with van der Waals surface area (Å²) in [5, 5.41) is 3.53. The van der Waals surface area contributed by atoms with Gasteiger partial charge in [0, 0.05) is 25.2 Å². The van der Waals surface area contributed by atoms with E-state index in [0.29, 0.717) is 0 Å². The molecule has 2 fully saturated rings. The van der Waals surface area contributed by atoms with Crippen molar-refractivity contribution >= 4 is 0 Å². The Morgan fingerprint density at radius 3 is 2.62 bits per heavy atom. The van der Waals surface area contributed by atoms with Gasteiger partial charge in [0.15, 0.2) is 0 Å². The van der Waals surface area contributed by atoms with Crippen LogP contribution in [0.3, 0.4) is 0 Å². The summed E-state index contributed by atoms with van der Waals surface area (Å²) in [7, 11) is 2.21. The summed E-state index contributed by atoms with van der Waals surface area (Å²) in [5.74, 6) is 0. The summed E-state index contributed by atoms with van der Waals surface area (Å²) in [4.78, 5) is 2.43. The Labute approximate surface area is 99.5 Å². The third-order valence-electron chi connectivity index (χ3n) is 3.48. The number of likely N-dealkylation sites (N-methyl/N-ethyl adjacent to an activating group) is 1. The van der Waals surface area contributed by atoms with Gasteiger partial charge in [0.1, 0.15) is 0 Å². The molecule has 0 amide bonds. The summed E-state index contributed by atoms with van der Waals surface area (Å²) in [6.07, 6.45) is 8.03. The monoisotopic (exact) mass is 226 g/mol. The summed E-state index contributed by atoms with van der Waals surface area (Å²) >= 11 is 0. The van der Waals surface area contributed by atoms with E-state index < -0.39 is 0 Å². The summed E-state index contributed by atoms with van der Waals surface area (Å²) < 4.78 is 5.64. The Balaban J connectivity index is 1.29. The van der Waals surface area contributed by atoms with E-state index in [1.165, 1.54) is 45.1 Å². The van der Waals surface area contributed by atoms with Crippen LogP contribution in [0.2, 0.25) is 0 Å². The van der Waals surface area contributed by atoms with Crippen molar-refractivity contribution in [3.05, 3.63) is 0 Å². The van der Waals surface area contributed by atoms with Gasteiger partial charge in [-0.15, -0.1) is 0 Å². The highest BCUT2D eigenvalue weighted by atomic mass is 16.5. The lowest BCUT2D eigenvalue weighted by Gasteiger charge is -2.15. The minimum Gasteiger partial charge on any atom is -0.380 e. The second-order valence-electron chi connectivity index (χ2n) is 5.26. The molecule has 1 N–H and O–H groups in total. The molecule has 0 bridgehead atoms. The molecule has 0 unspecified atom stereocenters. The van der Waals surface area contributed by atoms with Gasteiger partial charge in [-0.1, -0.05) is 0 Å². The van der Waals surface area contributed by atoms with Crippen LogP contribution in [0.15, 0.2) is 0 Å². The topological polar surface area (TPSA) is 24.5 Å². The number of hydrogen-bond acceptors (Lipinski definition) is 3. The van der Waals surface area contributed by atoms with Crippen LogP contribution in [0, 0.1) is 0 Å². The fourth-order valence-electron chi connectivity index (χ4n) is 1.93. The summed E-state index contributed by atoms with van der Waals surface area (Å²) in [6.45, 7) is 4.12. The minimum atomic E-state index is 0.855. The average molecular weight is 226 g/mol. The lowest BCUT2D eigenvalue weighted by atomic mass is 10.3. The molecule has 0 heterocycles. The summed E-state index contributed by atoms with van der Waals surface area (Å²) in [5.41, 5.74) is 0. The van der Waals surface area contributed by atoms with Crippen molar-refractivity contribution in [3.63, 3.8) is 0 Å². The number of rotatable bonds is 10. The maximum absolute atomic E-state index is 5.64. The molecule has 0 aromatic heterocycles. The van der Waals surface area contributed by atoms with Crippen LogP contribution in [-0.4, -0.2) is 50.3 Å². The molecular weight excluding hydrogens is 200 g/mol. The van der Waals surface area contributed by atoms with Crippen molar-refractivity contribution in [3.8, 4) is 0 Å². The van der Waals surface area contributed by atoms with Gasteiger partial charge in [-0.3, -0.25) is 0 Å². The highest BCUT2D eigenvalue weighted by Gasteiger charge is 2.25. The van der Waals surface area contributed by atoms with E-state index >= 15 is 0 Å². The number of nitrogens with one attached hydrogen (secondary N) is 1. The van der Waals surface area contributed by atoms with E-state index in [-0.39, 0.29) is 0 Å². The first-order valence-electron chi connectivity index (χ1n) is 6.87. The second kappa shape index (κ2) is 6.58. The molecular formula is C13H26N2O. The van der Waals surface area contributed by atoms with Crippen LogP contribution >= 0.6 is 0 Å². The van der Waals surface area contributed by atoms with Gasteiger partial charge in [-0.2, -0.15) is 0 Å².